The van der Waals surface area contributed by atoms with E-state index in [4.69, 9.17) is 9.47 Å². The first-order valence-electron chi connectivity index (χ1n) is 14.9. The van der Waals surface area contributed by atoms with Crippen LogP contribution in [0.15, 0.2) is 79.0 Å². The van der Waals surface area contributed by atoms with Crippen LogP contribution in [0.25, 0.3) is 22.4 Å². The molecule has 1 amide bonds. The van der Waals surface area contributed by atoms with Crippen molar-refractivity contribution in [2.24, 2.45) is 0 Å². The van der Waals surface area contributed by atoms with Gasteiger partial charge < -0.3 is 9.47 Å². The fourth-order valence-corrected chi connectivity index (χ4v) is 7.43. The number of fused-ring (bicyclic) bond motifs is 4. The third-order valence-corrected chi connectivity index (χ3v) is 10.0. The molecule has 1 unspecified atom stereocenters. The van der Waals surface area contributed by atoms with Crippen LogP contribution in [0.3, 0.4) is 0 Å². The van der Waals surface area contributed by atoms with Crippen LogP contribution in [0.1, 0.15) is 55.9 Å². The lowest BCUT2D eigenvalue weighted by Gasteiger charge is -2.26. The summed E-state index contributed by atoms with van der Waals surface area (Å²) in [6, 6.07) is 9.00. The van der Waals surface area contributed by atoms with Gasteiger partial charge in [-0.3, -0.25) is 14.7 Å². The number of hydrogen-bond donors (Lipinski definition) is 0. The molecule has 4 aliphatic heterocycles. The Hall–Kier alpha value is -4.84. The summed E-state index contributed by atoms with van der Waals surface area (Å²) < 4.78 is 127. The number of methoxy groups -OCH3 is 1. The number of pyridine rings is 1. The van der Waals surface area contributed by atoms with Gasteiger partial charge in [0.2, 0.25) is 0 Å². The quantitative estimate of drug-likeness (QED) is 0.111. The SMILES string of the molecule is COc1ccc2cc1-c1ncc(C(F)(F)F)cc1[C@@H]1C=C[C@H]3[C@H](OC(=O)N13)c1cc(C(F)(F)F)cc(c1)C(F)(F)PC(=O)c1ccc-2c(C)c1. The third kappa shape index (κ3) is 5.69. The molecule has 0 spiro atoms. The number of halogens is 8. The highest BCUT2D eigenvalue weighted by molar-refractivity contribution is 7.59. The molecule has 6 nitrogen and oxygen atoms in total. The molecular formula is C35H23F8N2O4P. The van der Waals surface area contributed by atoms with Crippen molar-refractivity contribution in [2.75, 3.05) is 7.11 Å². The van der Waals surface area contributed by atoms with Crippen LogP contribution in [-0.4, -0.2) is 34.7 Å². The second kappa shape index (κ2) is 11.6. The van der Waals surface area contributed by atoms with Gasteiger partial charge in [0.05, 0.1) is 36.0 Å². The number of amides is 1. The number of carbonyl (C=O) groups excluding carboxylic acids is 2. The molecule has 5 heterocycles. The van der Waals surface area contributed by atoms with Gasteiger partial charge >= 0.3 is 18.4 Å². The molecule has 1 saturated heterocycles. The lowest BCUT2D eigenvalue weighted by Crippen LogP contribution is -2.32. The Morgan fingerprint density at radius 1 is 0.860 bits per heavy atom. The van der Waals surface area contributed by atoms with Crippen molar-refractivity contribution in [3.63, 3.8) is 0 Å². The summed E-state index contributed by atoms with van der Waals surface area (Å²) >= 11 is 0. The van der Waals surface area contributed by atoms with Crippen LogP contribution < -0.4 is 4.74 Å². The number of carbonyl (C=O) groups is 2. The van der Waals surface area contributed by atoms with Crippen LogP contribution in [0.4, 0.5) is 39.9 Å². The first-order chi connectivity index (χ1) is 23.5. The Balaban J connectivity index is 1.50. The van der Waals surface area contributed by atoms with E-state index < -0.39 is 78.7 Å². The number of aryl methyl sites for hydroxylation is 1. The zero-order valence-corrected chi connectivity index (χ0v) is 26.8. The molecule has 8 rings (SSSR count). The van der Waals surface area contributed by atoms with Gasteiger partial charge in [-0.1, -0.05) is 30.4 Å². The van der Waals surface area contributed by atoms with E-state index in [0.717, 1.165) is 17.0 Å². The number of rotatable bonds is 1. The molecule has 10 bridgehead atoms. The average molecular weight is 719 g/mol. The van der Waals surface area contributed by atoms with Crippen LogP contribution in [0.2, 0.25) is 0 Å². The summed E-state index contributed by atoms with van der Waals surface area (Å²) in [7, 11) is -0.434. The van der Waals surface area contributed by atoms with E-state index in [1.54, 1.807) is 25.1 Å². The lowest BCUT2D eigenvalue weighted by atomic mass is 9.93. The molecule has 0 radical (unpaired) electrons. The molecule has 0 saturated carbocycles. The van der Waals surface area contributed by atoms with Crippen molar-refractivity contribution in [3.8, 4) is 28.1 Å². The van der Waals surface area contributed by atoms with Crippen LogP contribution in [0.5, 0.6) is 5.75 Å². The molecule has 4 atom stereocenters. The van der Waals surface area contributed by atoms with Gasteiger partial charge in [-0.15, -0.1) is 0 Å². The second-order valence-corrected chi connectivity index (χ2v) is 13.3. The number of hydrogen-bond acceptors (Lipinski definition) is 5. The van der Waals surface area contributed by atoms with Crippen molar-refractivity contribution in [3.05, 3.63) is 118 Å². The van der Waals surface area contributed by atoms with Gasteiger partial charge in [0, 0.05) is 37.0 Å². The van der Waals surface area contributed by atoms with Crippen molar-refractivity contribution in [2.45, 2.75) is 43.1 Å². The Bertz CT molecular complexity index is 2110. The molecular weight excluding hydrogens is 695 g/mol. The monoisotopic (exact) mass is 718 g/mol. The average Bonchev–Trinajstić information content (AvgIpc) is 3.63. The van der Waals surface area contributed by atoms with Crippen molar-refractivity contribution in [1.82, 2.24) is 9.88 Å². The van der Waals surface area contributed by atoms with E-state index in [0.29, 0.717) is 29.0 Å². The summed E-state index contributed by atoms with van der Waals surface area (Å²) in [5, 5.41) is 0. The smallest absolute Gasteiger partial charge is 0.417 e. The molecule has 1 aromatic heterocycles. The maximum atomic E-state index is 15.8. The minimum absolute atomic E-state index is 0.00724. The Kier molecular flexibility index (Phi) is 7.82. The van der Waals surface area contributed by atoms with E-state index in [9.17, 15) is 35.9 Å². The molecule has 0 aliphatic carbocycles. The maximum absolute atomic E-state index is 15.8. The standard InChI is InChI=1S/C35H23F8N2O4P/c1-16-9-18-3-5-23(16)17-4-8-28(48-2)25(12-17)29-24(14-22(15-44-29)34(39,40)41)26-6-7-27-30(49-32(47)45(26)27)19-10-20(33(36,37)38)13-21(11-19)35(42,43)50-31(18)46/h3-15,26-27,30,50H,1-2H3/t26-,27-,30+/m0/s1. The highest BCUT2D eigenvalue weighted by atomic mass is 31.1. The number of aromatic nitrogens is 1. The van der Waals surface area contributed by atoms with Gasteiger partial charge in [0.25, 0.3) is 5.66 Å². The van der Waals surface area contributed by atoms with E-state index in [1.165, 1.54) is 37.5 Å². The third-order valence-electron chi connectivity index (χ3n) is 8.92. The molecule has 4 aliphatic rings. The molecule has 15 heteroatoms. The first-order valence-corrected chi connectivity index (χ1v) is 15.9. The fraction of sp³-hybridized carbons (Fsp3) is 0.229. The summed E-state index contributed by atoms with van der Waals surface area (Å²) in [5.41, 5.74) is -7.60. The van der Waals surface area contributed by atoms with Crippen LogP contribution >= 0.6 is 8.58 Å². The molecule has 3 aromatic carbocycles. The zero-order chi connectivity index (χ0) is 35.9. The zero-order valence-electron chi connectivity index (χ0n) is 25.8. The summed E-state index contributed by atoms with van der Waals surface area (Å²) in [5.74, 6) is 0.220. The second-order valence-electron chi connectivity index (χ2n) is 12.0. The van der Waals surface area contributed by atoms with E-state index in [2.05, 4.69) is 4.98 Å². The van der Waals surface area contributed by atoms with Gasteiger partial charge in [-0.05, 0) is 71.6 Å². The number of benzene rings is 3. The first kappa shape index (κ1) is 33.6. The molecule has 4 aromatic rings. The topological polar surface area (TPSA) is 68.7 Å². The predicted molar refractivity (Wildman–Crippen MR) is 166 cm³/mol. The summed E-state index contributed by atoms with van der Waals surface area (Å²) in [6.07, 6.45) is -9.21. The Morgan fingerprint density at radius 2 is 1.58 bits per heavy atom. The highest BCUT2D eigenvalue weighted by Crippen LogP contribution is 2.52. The normalized spacial score (nSPS) is 21.5. The largest absolute Gasteiger partial charge is 0.496 e. The molecule has 1 fully saturated rings. The van der Waals surface area contributed by atoms with Crippen LogP contribution in [-0.2, 0) is 22.8 Å². The van der Waals surface area contributed by atoms with E-state index in [-0.39, 0.29) is 34.2 Å². The van der Waals surface area contributed by atoms with Gasteiger partial charge in [-0.25, -0.2) is 4.79 Å². The molecule has 258 valence electrons. The highest BCUT2D eigenvalue weighted by Gasteiger charge is 2.50. The van der Waals surface area contributed by atoms with Gasteiger partial charge in [-0.2, -0.15) is 35.1 Å². The fourth-order valence-electron chi connectivity index (χ4n) is 6.55. The molecule has 50 heavy (non-hydrogen) atoms. The van der Waals surface area contributed by atoms with Crippen molar-refractivity contribution >= 4 is 20.2 Å². The number of nitrogens with zero attached hydrogens (tertiary/aromatic N) is 2. The number of ether oxygens (including phenoxy) is 2. The maximum Gasteiger partial charge on any atom is 0.417 e. The van der Waals surface area contributed by atoms with Gasteiger partial charge in [0.15, 0.2) is 11.6 Å². The van der Waals surface area contributed by atoms with Crippen molar-refractivity contribution in [1.29, 1.82) is 0 Å². The van der Waals surface area contributed by atoms with E-state index >= 15 is 8.78 Å². The van der Waals surface area contributed by atoms with Crippen molar-refractivity contribution < 1.29 is 54.2 Å². The Morgan fingerprint density at radius 3 is 2.26 bits per heavy atom. The van der Waals surface area contributed by atoms with E-state index in [1.807, 2.05) is 0 Å². The minimum atomic E-state index is -5.10. The summed E-state index contributed by atoms with van der Waals surface area (Å²) in [6.45, 7) is 1.62. The van der Waals surface area contributed by atoms with Gasteiger partial charge in [0.1, 0.15) is 5.75 Å². The molecule has 0 N–H and O–H groups in total. The number of alkyl halides is 8. The summed E-state index contributed by atoms with van der Waals surface area (Å²) in [4.78, 5) is 31.8. The lowest BCUT2D eigenvalue weighted by molar-refractivity contribution is -0.138. The minimum Gasteiger partial charge on any atom is -0.496 e. The Labute approximate surface area is 280 Å². The predicted octanol–water partition coefficient (Wildman–Crippen LogP) is 9.82. The van der Waals surface area contributed by atoms with Crippen LogP contribution in [0, 0.1) is 6.92 Å².